The lowest BCUT2D eigenvalue weighted by atomic mass is 10.2. The molecule has 0 spiro atoms. The van der Waals surface area contributed by atoms with Gasteiger partial charge in [-0.05, 0) is 37.5 Å². The highest BCUT2D eigenvalue weighted by Crippen LogP contribution is 2.34. The van der Waals surface area contributed by atoms with Crippen molar-refractivity contribution in [1.29, 1.82) is 0 Å². The van der Waals surface area contributed by atoms with Gasteiger partial charge in [-0.15, -0.1) is 0 Å². The minimum atomic E-state index is -0.530. The van der Waals surface area contributed by atoms with Crippen molar-refractivity contribution in [2.24, 2.45) is 11.7 Å². The van der Waals surface area contributed by atoms with Gasteiger partial charge in [-0.3, -0.25) is 9.88 Å². The highest BCUT2D eigenvalue weighted by atomic mass is 16.5. The minimum Gasteiger partial charge on any atom is -0.382 e. The molecular weight excluding hydrogens is 394 g/mol. The molecule has 164 valence electrons. The van der Waals surface area contributed by atoms with Crippen LogP contribution in [0.3, 0.4) is 0 Å². The standard InChI is InChI=1S/C22H29N7O2/c1-15-13-18-20(21(23)26-15)27-19(7-6-16-4-5-16)29(18)10-12-31-11-9-28(22(24)30)17-3-2-8-25-14-17/h2-3,8,13-14,16H,4-7,9-12H2,1H3,(H2,23,26)(H2,24,30). The van der Waals surface area contributed by atoms with Crippen molar-refractivity contribution in [3.8, 4) is 0 Å². The van der Waals surface area contributed by atoms with E-state index in [0.717, 1.165) is 41.3 Å². The predicted molar refractivity (Wildman–Crippen MR) is 120 cm³/mol. The summed E-state index contributed by atoms with van der Waals surface area (Å²) in [4.78, 5) is 26.4. The number of carbonyl (C=O) groups is 1. The number of fused-ring (bicyclic) bond motifs is 1. The number of carbonyl (C=O) groups excluding carboxylic acids is 1. The van der Waals surface area contributed by atoms with Gasteiger partial charge in [0.25, 0.3) is 0 Å². The molecule has 3 aromatic rings. The summed E-state index contributed by atoms with van der Waals surface area (Å²) < 4.78 is 8.04. The van der Waals surface area contributed by atoms with Crippen LogP contribution < -0.4 is 16.4 Å². The van der Waals surface area contributed by atoms with E-state index in [2.05, 4.69) is 14.5 Å². The second-order valence-electron chi connectivity index (χ2n) is 7.99. The molecule has 0 saturated heterocycles. The number of urea groups is 1. The van der Waals surface area contributed by atoms with Gasteiger partial charge in [0.2, 0.25) is 0 Å². The van der Waals surface area contributed by atoms with Crippen LogP contribution in [0.15, 0.2) is 30.6 Å². The molecule has 1 aliphatic carbocycles. The van der Waals surface area contributed by atoms with E-state index in [9.17, 15) is 4.79 Å². The highest BCUT2D eigenvalue weighted by molar-refractivity contribution is 5.90. The third-order valence-electron chi connectivity index (χ3n) is 5.59. The Hall–Kier alpha value is -3.20. The lowest BCUT2D eigenvalue weighted by Crippen LogP contribution is -2.38. The molecule has 9 heteroatoms. The Morgan fingerprint density at radius 2 is 2.16 bits per heavy atom. The average Bonchev–Trinajstić information content (AvgIpc) is 3.51. The van der Waals surface area contributed by atoms with Crippen LogP contribution in [0, 0.1) is 12.8 Å². The molecule has 3 aromatic heterocycles. The van der Waals surface area contributed by atoms with E-state index < -0.39 is 6.03 Å². The van der Waals surface area contributed by atoms with Crippen molar-refractivity contribution < 1.29 is 9.53 Å². The predicted octanol–water partition coefficient (Wildman–Crippen LogP) is 2.66. The van der Waals surface area contributed by atoms with E-state index in [0.29, 0.717) is 37.8 Å². The first-order valence-corrected chi connectivity index (χ1v) is 10.7. The highest BCUT2D eigenvalue weighted by Gasteiger charge is 2.23. The lowest BCUT2D eigenvalue weighted by molar-refractivity contribution is 0.132. The van der Waals surface area contributed by atoms with Crippen LogP contribution in [0.2, 0.25) is 0 Å². The topological polar surface area (TPSA) is 125 Å². The second kappa shape index (κ2) is 9.30. The van der Waals surface area contributed by atoms with E-state index in [4.69, 9.17) is 21.2 Å². The fraction of sp³-hybridized carbons (Fsp3) is 0.455. The first-order chi connectivity index (χ1) is 15.0. The molecule has 2 amide bonds. The van der Waals surface area contributed by atoms with Gasteiger partial charge >= 0.3 is 6.03 Å². The Kier molecular flexibility index (Phi) is 6.31. The quantitative estimate of drug-likeness (QED) is 0.483. The maximum Gasteiger partial charge on any atom is 0.319 e. The Morgan fingerprint density at radius 1 is 1.32 bits per heavy atom. The summed E-state index contributed by atoms with van der Waals surface area (Å²) in [6, 6.07) is 5.05. The van der Waals surface area contributed by atoms with Gasteiger partial charge in [0.1, 0.15) is 11.3 Å². The SMILES string of the molecule is Cc1cc2c(nc(CCC3CC3)n2CCOCCN(C(N)=O)c2cccnc2)c(N)n1. The summed E-state index contributed by atoms with van der Waals surface area (Å²) in [5.74, 6) is 2.32. The van der Waals surface area contributed by atoms with Crippen LogP contribution in [-0.2, 0) is 17.7 Å². The van der Waals surface area contributed by atoms with Crippen LogP contribution in [-0.4, -0.2) is 45.3 Å². The third-order valence-corrected chi connectivity index (χ3v) is 5.59. The van der Waals surface area contributed by atoms with E-state index in [1.54, 1.807) is 24.5 Å². The number of anilines is 2. The zero-order chi connectivity index (χ0) is 21.8. The third kappa shape index (κ3) is 5.11. The summed E-state index contributed by atoms with van der Waals surface area (Å²) >= 11 is 0. The number of nitrogen functional groups attached to an aromatic ring is 1. The lowest BCUT2D eigenvalue weighted by Gasteiger charge is -2.20. The van der Waals surface area contributed by atoms with E-state index in [-0.39, 0.29) is 0 Å². The molecule has 0 atom stereocenters. The number of hydrogen-bond acceptors (Lipinski definition) is 6. The molecule has 0 bridgehead atoms. The number of aromatic nitrogens is 4. The fourth-order valence-corrected chi connectivity index (χ4v) is 3.80. The van der Waals surface area contributed by atoms with Crippen LogP contribution in [0.5, 0.6) is 0 Å². The molecule has 3 heterocycles. The van der Waals surface area contributed by atoms with Crippen molar-refractivity contribution >= 4 is 28.6 Å². The van der Waals surface area contributed by atoms with Crippen LogP contribution in [0.25, 0.3) is 11.0 Å². The van der Waals surface area contributed by atoms with Crippen LogP contribution in [0.1, 0.15) is 30.8 Å². The molecule has 1 aliphatic rings. The van der Waals surface area contributed by atoms with Gasteiger partial charge in [-0.1, -0.05) is 12.8 Å². The largest absolute Gasteiger partial charge is 0.382 e. The van der Waals surface area contributed by atoms with E-state index in [1.807, 2.05) is 13.0 Å². The molecule has 0 unspecified atom stereocenters. The smallest absolute Gasteiger partial charge is 0.319 e. The molecular formula is C22H29N7O2. The van der Waals surface area contributed by atoms with E-state index >= 15 is 0 Å². The Labute approximate surface area is 181 Å². The summed E-state index contributed by atoms with van der Waals surface area (Å²) in [7, 11) is 0. The number of nitrogens with zero attached hydrogens (tertiary/aromatic N) is 5. The van der Waals surface area contributed by atoms with Gasteiger partial charge < -0.3 is 20.8 Å². The number of aryl methyl sites for hydroxylation is 2. The normalized spacial score (nSPS) is 13.6. The second-order valence-corrected chi connectivity index (χ2v) is 7.99. The first kappa shape index (κ1) is 21.0. The number of pyridine rings is 2. The first-order valence-electron chi connectivity index (χ1n) is 10.7. The van der Waals surface area contributed by atoms with Crippen molar-refractivity contribution in [3.63, 3.8) is 0 Å². The van der Waals surface area contributed by atoms with Gasteiger partial charge in [0, 0.05) is 24.9 Å². The average molecular weight is 424 g/mol. The Balaban J connectivity index is 1.39. The number of ether oxygens (including phenoxy) is 1. The molecule has 31 heavy (non-hydrogen) atoms. The summed E-state index contributed by atoms with van der Waals surface area (Å²) in [6.07, 6.45) is 7.97. The summed E-state index contributed by atoms with van der Waals surface area (Å²) in [6.45, 7) is 3.80. The molecule has 0 aromatic carbocycles. The molecule has 4 rings (SSSR count). The Morgan fingerprint density at radius 3 is 2.87 bits per heavy atom. The number of rotatable bonds is 10. The molecule has 9 nitrogen and oxygen atoms in total. The van der Waals surface area contributed by atoms with Crippen LogP contribution >= 0.6 is 0 Å². The molecule has 0 radical (unpaired) electrons. The van der Waals surface area contributed by atoms with Crippen molar-refractivity contribution in [2.75, 3.05) is 30.4 Å². The molecule has 1 fully saturated rings. The monoisotopic (exact) mass is 423 g/mol. The van der Waals surface area contributed by atoms with E-state index in [1.165, 1.54) is 17.7 Å². The van der Waals surface area contributed by atoms with Gasteiger partial charge in [-0.2, -0.15) is 0 Å². The number of hydrogen-bond donors (Lipinski definition) is 2. The van der Waals surface area contributed by atoms with Gasteiger partial charge in [0.15, 0.2) is 5.82 Å². The molecule has 1 saturated carbocycles. The maximum absolute atomic E-state index is 11.8. The summed E-state index contributed by atoms with van der Waals surface area (Å²) in [5.41, 5.74) is 14.9. The summed E-state index contributed by atoms with van der Waals surface area (Å²) in [5, 5.41) is 0. The maximum atomic E-state index is 11.8. The number of primary amides is 1. The van der Waals surface area contributed by atoms with Gasteiger partial charge in [0.05, 0.1) is 37.2 Å². The molecule has 4 N–H and O–H groups in total. The van der Waals surface area contributed by atoms with Crippen molar-refractivity contribution in [3.05, 3.63) is 42.1 Å². The minimum absolute atomic E-state index is 0.357. The zero-order valence-electron chi connectivity index (χ0n) is 17.8. The van der Waals surface area contributed by atoms with Crippen LogP contribution in [0.4, 0.5) is 16.3 Å². The van der Waals surface area contributed by atoms with Gasteiger partial charge in [-0.25, -0.2) is 14.8 Å². The van der Waals surface area contributed by atoms with Crippen molar-refractivity contribution in [2.45, 2.75) is 39.2 Å². The fourth-order valence-electron chi connectivity index (χ4n) is 3.80. The zero-order valence-corrected chi connectivity index (χ0v) is 17.8. The molecule has 0 aliphatic heterocycles. The Bertz CT molecular complexity index is 1050. The number of amides is 2. The number of nitrogens with two attached hydrogens (primary N) is 2. The van der Waals surface area contributed by atoms with Crippen molar-refractivity contribution in [1.82, 2.24) is 19.5 Å². The number of imidazole rings is 1.